The molecule has 0 atom stereocenters. The zero-order valence-electron chi connectivity index (χ0n) is 24.0. The molecule has 0 saturated carbocycles. The number of nitrogens with one attached hydrogen (secondary N) is 6. The first-order valence-corrected chi connectivity index (χ1v) is 13.8. The van der Waals surface area contributed by atoms with E-state index in [4.69, 9.17) is 0 Å². The van der Waals surface area contributed by atoms with Gasteiger partial charge in [-0.1, -0.05) is 91.0 Å². The van der Waals surface area contributed by atoms with Gasteiger partial charge in [0, 0.05) is 16.7 Å². The van der Waals surface area contributed by atoms with Crippen LogP contribution in [0.25, 0.3) is 0 Å². The molecular formula is C33H30N6O6. The lowest BCUT2D eigenvalue weighted by Gasteiger charge is -2.13. The summed E-state index contributed by atoms with van der Waals surface area (Å²) in [5, 5.41) is 0. The van der Waals surface area contributed by atoms with Gasteiger partial charge in [-0.2, -0.15) is 0 Å². The number of benzene rings is 4. The van der Waals surface area contributed by atoms with Crippen molar-refractivity contribution in [1.82, 2.24) is 32.6 Å². The quantitative estimate of drug-likeness (QED) is 0.158. The number of hydrazine groups is 3. The van der Waals surface area contributed by atoms with Crippen molar-refractivity contribution in [2.24, 2.45) is 0 Å². The van der Waals surface area contributed by atoms with Crippen LogP contribution in [0.15, 0.2) is 109 Å². The summed E-state index contributed by atoms with van der Waals surface area (Å²) in [5.41, 5.74) is 15.4. The molecule has 4 rings (SSSR count). The minimum atomic E-state index is -0.818. The first-order chi connectivity index (χ1) is 21.8. The van der Waals surface area contributed by atoms with Crippen molar-refractivity contribution >= 4 is 35.4 Å². The van der Waals surface area contributed by atoms with Gasteiger partial charge >= 0.3 is 0 Å². The molecule has 6 N–H and O–H groups in total. The lowest BCUT2D eigenvalue weighted by atomic mass is 10.0. The van der Waals surface area contributed by atoms with Crippen LogP contribution in [0.2, 0.25) is 0 Å². The van der Waals surface area contributed by atoms with Crippen LogP contribution < -0.4 is 32.6 Å². The summed E-state index contributed by atoms with van der Waals surface area (Å²) in [7, 11) is 0. The molecule has 0 unspecified atom stereocenters. The van der Waals surface area contributed by atoms with Gasteiger partial charge in [-0.3, -0.25) is 61.3 Å². The molecule has 0 aromatic heterocycles. The smallest absolute Gasteiger partial charge is 0.269 e. The van der Waals surface area contributed by atoms with Gasteiger partial charge in [-0.15, -0.1) is 0 Å². The highest BCUT2D eigenvalue weighted by atomic mass is 16.2. The summed E-state index contributed by atoms with van der Waals surface area (Å²) >= 11 is 0. The Balaban J connectivity index is 1.44. The SMILES string of the molecule is O=C(Cc1ccccc1)NNC(=O)c1cc(C(=O)NNC(=O)Cc2ccccc2)cc(C(=O)NNC(=O)Cc2ccccc2)c1. The van der Waals surface area contributed by atoms with E-state index in [9.17, 15) is 28.8 Å². The van der Waals surface area contributed by atoms with Crippen LogP contribution in [0.1, 0.15) is 47.8 Å². The summed E-state index contributed by atoms with van der Waals surface area (Å²) < 4.78 is 0. The van der Waals surface area contributed by atoms with Gasteiger partial charge in [0.1, 0.15) is 0 Å². The normalized spacial score (nSPS) is 10.1. The molecule has 0 bridgehead atoms. The fraction of sp³-hybridized carbons (Fsp3) is 0.0909. The molecule has 0 saturated heterocycles. The van der Waals surface area contributed by atoms with Crippen LogP contribution in [-0.2, 0) is 33.6 Å². The zero-order valence-corrected chi connectivity index (χ0v) is 24.0. The Morgan fingerprint density at radius 1 is 0.356 bits per heavy atom. The number of hydrogen-bond donors (Lipinski definition) is 6. The zero-order chi connectivity index (χ0) is 32.0. The highest BCUT2D eigenvalue weighted by Crippen LogP contribution is 2.12. The third-order valence-corrected chi connectivity index (χ3v) is 6.29. The molecule has 12 nitrogen and oxygen atoms in total. The topological polar surface area (TPSA) is 175 Å². The Hall–Kier alpha value is -6.30. The molecule has 0 radical (unpaired) electrons. The highest BCUT2D eigenvalue weighted by molar-refractivity contribution is 6.05. The van der Waals surface area contributed by atoms with E-state index in [1.165, 1.54) is 18.2 Å². The summed E-state index contributed by atoms with van der Waals surface area (Å²) in [6.07, 6.45) is 0.00768. The van der Waals surface area contributed by atoms with Crippen molar-refractivity contribution in [3.05, 3.63) is 143 Å². The second-order valence-electron chi connectivity index (χ2n) is 9.79. The van der Waals surface area contributed by atoms with Crippen molar-refractivity contribution in [3.8, 4) is 0 Å². The Labute approximate surface area is 258 Å². The Morgan fingerprint density at radius 2 is 0.600 bits per heavy atom. The van der Waals surface area contributed by atoms with Gasteiger partial charge in [-0.05, 0) is 34.9 Å². The molecule has 0 aliphatic carbocycles. The summed E-state index contributed by atoms with van der Waals surface area (Å²) in [6.45, 7) is 0. The summed E-state index contributed by atoms with van der Waals surface area (Å²) in [5.74, 6) is -3.94. The maximum absolute atomic E-state index is 13.0. The molecule has 0 aliphatic rings. The van der Waals surface area contributed by atoms with E-state index in [2.05, 4.69) is 32.6 Å². The molecule has 0 heterocycles. The minimum Gasteiger partial charge on any atom is -0.273 e. The van der Waals surface area contributed by atoms with E-state index in [-0.39, 0.29) is 36.0 Å². The molecule has 6 amide bonds. The van der Waals surface area contributed by atoms with Crippen molar-refractivity contribution in [2.75, 3.05) is 0 Å². The average Bonchev–Trinajstić information content (AvgIpc) is 3.06. The standard InChI is InChI=1S/C33H30N6O6/c40-28(16-22-10-4-1-5-11-22)34-37-31(43)25-19-26(32(44)38-35-29(41)17-23-12-6-2-7-13-23)21-27(20-25)33(45)39-36-30(42)18-24-14-8-3-9-15-24/h1-15,19-21H,16-18H2,(H,34,40)(H,35,41)(H,36,42)(H,37,43)(H,38,44)(H,39,45). The molecule has 0 fully saturated rings. The van der Waals surface area contributed by atoms with Crippen LogP contribution >= 0.6 is 0 Å². The van der Waals surface area contributed by atoms with Crippen molar-refractivity contribution in [2.45, 2.75) is 19.3 Å². The summed E-state index contributed by atoms with van der Waals surface area (Å²) in [4.78, 5) is 75.9. The number of carbonyl (C=O) groups is 6. The molecular weight excluding hydrogens is 576 g/mol. The molecule has 12 heteroatoms. The van der Waals surface area contributed by atoms with E-state index in [0.29, 0.717) is 0 Å². The van der Waals surface area contributed by atoms with E-state index < -0.39 is 35.4 Å². The van der Waals surface area contributed by atoms with E-state index >= 15 is 0 Å². The summed E-state index contributed by atoms with van der Waals surface area (Å²) in [6, 6.07) is 30.2. The highest BCUT2D eigenvalue weighted by Gasteiger charge is 2.18. The molecule has 0 aliphatic heterocycles. The predicted octanol–water partition coefficient (Wildman–Crippen LogP) is 1.70. The molecule has 4 aromatic carbocycles. The maximum atomic E-state index is 13.0. The molecule has 0 spiro atoms. The van der Waals surface area contributed by atoms with E-state index in [0.717, 1.165) is 16.7 Å². The number of carbonyl (C=O) groups excluding carboxylic acids is 6. The van der Waals surface area contributed by atoms with Gasteiger partial charge in [-0.25, -0.2) is 0 Å². The lowest BCUT2D eigenvalue weighted by Crippen LogP contribution is -2.44. The first kappa shape index (κ1) is 31.6. The van der Waals surface area contributed by atoms with Crippen LogP contribution in [0.3, 0.4) is 0 Å². The van der Waals surface area contributed by atoms with Gasteiger partial charge in [0.2, 0.25) is 17.7 Å². The minimum absolute atomic E-state index is 0.00256. The van der Waals surface area contributed by atoms with Gasteiger partial charge in [0.15, 0.2) is 0 Å². The van der Waals surface area contributed by atoms with Crippen molar-refractivity contribution < 1.29 is 28.8 Å². The van der Waals surface area contributed by atoms with Gasteiger partial charge in [0.05, 0.1) is 19.3 Å². The number of amides is 6. The average molecular weight is 607 g/mol. The molecule has 228 valence electrons. The Bertz CT molecular complexity index is 1470. The van der Waals surface area contributed by atoms with E-state index in [1.807, 2.05) is 18.2 Å². The number of hydrogen-bond acceptors (Lipinski definition) is 6. The van der Waals surface area contributed by atoms with Crippen LogP contribution in [0, 0.1) is 0 Å². The second-order valence-corrected chi connectivity index (χ2v) is 9.79. The van der Waals surface area contributed by atoms with Crippen molar-refractivity contribution in [1.29, 1.82) is 0 Å². The molecule has 45 heavy (non-hydrogen) atoms. The Kier molecular flexibility index (Phi) is 11.1. The fourth-order valence-electron chi connectivity index (χ4n) is 4.09. The van der Waals surface area contributed by atoms with Gasteiger partial charge in [0.25, 0.3) is 17.7 Å². The third kappa shape index (κ3) is 10.2. The third-order valence-electron chi connectivity index (χ3n) is 6.29. The lowest BCUT2D eigenvalue weighted by molar-refractivity contribution is -0.122. The maximum Gasteiger partial charge on any atom is 0.269 e. The van der Waals surface area contributed by atoms with Crippen LogP contribution in [0.4, 0.5) is 0 Å². The van der Waals surface area contributed by atoms with Crippen molar-refractivity contribution in [3.63, 3.8) is 0 Å². The Morgan fingerprint density at radius 3 is 0.844 bits per heavy atom. The van der Waals surface area contributed by atoms with Crippen LogP contribution in [0.5, 0.6) is 0 Å². The first-order valence-electron chi connectivity index (χ1n) is 13.8. The van der Waals surface area contributed by atoms with E-state index in [1.54, 1.807) is 72.8 Å². The second kappa shape index (κ2) is 15.8. The number of rotatable bonds is 9. The molecule has 4 aromatic rings. The largest absolute Gasteiger partial charge is 0.273 e. The fourth-order valence-corrected chi connectivity index (χ4v) is 4.09. The van der Waals surface area contributed by atoms with Gasteiger partial charge < -0.3 is 0 Å². The monoisotopic (exact) mass is 606 g/mol. The predicted molar refractivity (Wildman–Crippen MR) is 164 cm³/mol. The van der Waals surface area contributed by atoms with Crippen LogP contribution in [-0.4, -0.2) is 35.4 Å².